The lowest BCUT2D eigenvalue weighted by molar-refractivity contribution is -0.384. The molecule has 0 atom stereocenters. The molecule has 108 valence electrons. The van der Waals surface area contributed by atoms with E-state index in [4.69, 9.17) is 0 Å². The average molecular weight is 302 g/mol. The van der Waals surface area contributed by atoms with Gasteiger partial charge in [-0.05, 0) is 30.2 Å². The Balaban J connectivity index is 2.09. The normalized spacial score (nSPS) is 10.2. The topological polar surface area (TPSA) is 72.2 Å². The number of thiol groups is 1. The van der Waals surface area contributed by atoms with Gasteiger partial charge in [-0.2, -0.15) is 0 Å². The number of aryl methyl sites for hydroxylation is 1. The monoisotopic (exact) mass is 302 g/mol. The van der Waals surface area contributed by atoms with Gasteiger partial charge in [0.25, 0.3) is 11.6 Å². The van der Waals surface area contributed by atoms with Crippen LogP contribution >= 0.6 is 12.6 Å². The van der Waals surface area contributed by atoms with Crippen molar-refractivity contribution >= 4 is 24.2 Å². The molecule has 2 aromatic carbocycles. The summed E-state index contributed by atoms with van der Waals surface area (Å²) in [4.78, 5) is 23.1. The molecule has 0 aliphatic rings. The second kappa shape index (κ2) is 6.41. The molecule has 0 saturated carbocycles. The van der Waals surface area contributed by atoms with Crippen molar-refractivity contribution in [1.29, 1.82) is 0 Å². The van der Waals surface area contributed by atoms with Gasteiger partial charge < -0.3 is 5.32 Å². The van der Waals surface area contributed by atoms with Gasteiger partial charge in [0, 0.05) is 29.1 Å². The molecule has 1 N–H and O–H groups in total. The van der Waals surface area contributed by atoms with Crippen LogP contribution in [0.4, 0.5) is 5.69 Å². The van der Waals surface area contributed by atoms with Crippen LogP contribution in [0.2, 0.25) is 0 Å². The number of nitrogens with one attached hydrogen (secondary N) is 1. The smallest absolute Gasteiger partial charge is 0.269 e. The molecule has 5 nitrogen and oxygen atoms in total. The molecule has 0 aliphatic carbocycles. The molecule has 1 amide bonds. The fourth-order valence-electron chi connectivity index (χ4n) is 1.91. The fourth-order valence-corrected chi connectivity index (χ4v) is 2.12. The van der Waals surface area contributed by atoms with Crippen LogP contribution in [0.15, 0.2) is 47.4 Å². The average Bonchev–Trinajstić information content (AvgIpc) is 2.47. The van der Waals surface area contributed by atoms with Gasteiger partial charge in [0.05, 0.1) is 4.92 Å². The molecule has 6 heteroatoms. The highest BCUT2D eigenvalue weighted by molar-refractivity contribution is 7.80. The Morgan fingerprint density at radius 2 is 2.05 bits per heavy atom. The van der Waals surface area contributed by atoms with Crippen LogP contribution in [0, 0.1) is 17.0 Å². The standard InChI is InChI=1S/C15H14N2O3S/c1-10-5-6-13(21)8-14(10)15(18)16-9-11-3-2-4-12(7-11)17(19)20/h2-8,21H,9H2,1H3,(H,16,18). The van der Waals surface area contributed by atoms with Crippen molar-refractivity contribution in [3.63, 3.8) is 0 Å². The molecule has 21 heavy (non-hydrogen) atoms. The minimum absolute atomic E-state index is 0.00952. The van der Waals surface area contributed by atoms with Gasteiger partial charge in [-0.25, -0.2) is 0 Å². The number of amides is 1. The number of benzene rings is 2. The number of nitro benzene ring substituents is 1. The van der Waals surface area contributed by atoms with Crippen LogP contribution in [-0.2, 0) is 6.54 Å². The Labute approximate surface area is 127 Å². The lowest BCUT2D eigenvalue weighted by Crippen LogP contribution is -2.23. The minimum atomic E-state index is -0.458. The van der Waals surface area contributed by atoms with Gasteiger partial charge in [0.1, 0.15) is 0 Å². The second-order valence-corrected chi connectivity index (χ2v) is 5.13. The molecule has 2 rings (SSSR count). The molecule has 2 aromatic rings. The largest absolute Gasteiger partial charge is 0.348 e. The van der Waals surface area contributed by atoms with Gasteiger partial charge >= 0.3 is 0 Å². The number of rotatable bonds is 4. The molecule has 0 aliphatic heterocycles. The molecule has 0 unspecified atom stereocenters. The first-order valence-electron chi connectivity index (χ1n) is 6.28. The number of carbonyl (C=O) groups excluding carboxylic acids is 1. The summed E-state index contributed by atoms with van der Waals surface area (Å²) in [5, 5.41) is 13.5. The highest BCUT2D eigenvalue weighted by Crippen LogP contribution is 2.15. The molecule has 0 spiro atoms. The van der Waals surface area contributed by atoms with E-state index in [0.29, 0.717) is 16.0 Å². The molecule has 0 bridgehead atoms. The molecule has 0 fully saturated rings. The Morgan fingerprint density at radius 1 is 1.29 bits per heavy atom. The van der Waals surface area contributed by atoms with Gasteiger partial charge in [-0.1, -0.05) is 18.2 Å². The maximum absolute atomic E-state index is 12.1. The number of non-ortho nitro benzene ring substituents is 1. The number of carbonyl (C=O) groups is 1. The molecular weight excluding hydrogens is 288 g/mol. The summed E-state index contributed by atoms with van der Waals surface area (Å²) in [6.07, 6.45) is 0. The zero-order valence-electron chi connectivity index (χ0n) is 11.4. The Hall–Kier alpha value is -2.34. The van der Waals surface area contributed by atoms with Crippen LogP contribution < -0.4 is 5.32 Å². The first-order valence-corrected chi connectivity index (χ1v) is 6.73. The number of hydrogen-bond donors (Lipinski definition) is 2. The van der Waals surface area contributed by atoms with E-state index in [-0.39, 0.29) is 18.1 Å². The Bertz CT molecular complexity index is 701. The van der Waals surface area contributed by atoms with Crippen molar-refractivity contribution in [3.8, 4) is 0 Å². The van der Waals surface area contributed by atoms with Crippen LogP contribution in [0.25, 0.3) is 0 Å². The van der Waals surface area contributed by atoms with Crippen molar-refractivity contribution in [2.75, 3.05) is 0 Å². The minimum Gasteiger partial charge on any atom is -0.348 e. The van der Waals surface area contributed by atoms with E-state index in [1.54, 1.807) is 18.2 Å². The predicted octanol–water partition coefficient (Wildman–Crippen LogP) is 3.12. The molecule has 0 radical (unpaired) electrons. The van der Waals surface area contributed by atoms with Gasteiger partial charge in [0.2, 0.25) is 0 Å². The van der Waals surface area contributed by atoms with Crippen molar-refractivity contribution in [2.24, 2.45) is 0 Å². The van der Waals surface area contributed by atoms with E-state index in [9.17, 15) is 14.9 Å². The number of nitro groups is 1. The molecule has 0 heterocycles. The summed E-state index contributed by atoms with van der Waals surface area (Å²) in [6.45, 7) is 2.08. The number of nitrogens with zero attached hydrogens (tertiary/aromatic N) is 1. The summed E-state index contributed by atoms with van der Waals surface area (Å²) < 4.78 is 0. The van der Waals surface area contributed by atoms with Gasteiger partial charge in [-0.3, -0.25) is 14.9 Å². The van der Waals surface area contributed by atoms with E-state index < -0.39 is 4.92 Å². The van der Waals surface area contributed by atoms with Crippen molar-refractivity contribution in [1.82, 2.24) is 5.32 Å². The van der Waals surface area contributed by atoms with Crippen molar-refractivity contribution in [2.45, 2.75) is 18.4 Å². The molecule has 0 aromatic heterocycles. The van der Waals surface area contributed by atoms with Gasteiger partial charge in [0.15, 0.2) is 0 Å². The third-order valence-corrected chi connectivity index (χ3v) is 3.32. The van der Waals surface area contributed by atoms with Crippen LogP contribution in [-0.4, -0.2) is 10.8 Å². The van der Waals surface area contributed by atoms with Gasteiger partial charge in [-0.15, -0.1) is 12.6 Å². The quantitative estimate of drug-likeness (QED) is 0.518. The van der Waals surface area contributed by atoms with E-state index >= 15 is 0 Å². The van der Waals surface area contributed by atoms with Crippen LogP contribution in [0.3, 0.4) is 0 Å². The summed E-state index contributed by atoms with van der Waals surface area (Å²) in [5.41, 5.74) is 2.09. The second-order valence-electron chi connectivity index (χ2n) is 4.61. The SMILES string of the molecule is Cc1ccc(S)cc1C(=O)NCc1cccc([N+](=O)[O-])c1. The van der Waals surface area contributed by atoms with Crippen LogP contribution in [0.1, 0.15) is 21.5 Å². The Morgan fingerprint density at radius 3 is 2.76 bits per heavy atom. The molecular formula is C15H14N2O3S. The summed E-state index contributed by atoms with van der Waals surface area (Å²) in [5.74, 6) is -0.227. The lowest BCUT2D eigenvalue weighted by atomic mass is 10.1. The zero-order chi connectivity index (χ0) is 15.4. The van der Waals surface area contributed by atoms with Crippen LogP contribution in [0.5, 0.6) is 0 Å². The maximum atomic E-state index is 12.1. The lowest BCUT2D eigenvalue weighted by Gasteiger charge is -2.08. The zero-order valence-corrected chi connectivity index (χ0v) is 12.3. The Kier molecular flexibility index (Phi) is 4.59. The fraction of sp³-hybridized carbons (Fsp3) is 0.133. The first-order chi connectivity index (χ1) is 9.97. The third kappa shape index (κ3) is 3.82. The number of hydrogen-bond acceptors (Lipinski definition) is 4. The first kappa shape index (κ1) is 15.1. The molecule has 0 saturated heterocycles. The van der Waals surface area contributed by atoms with E-state index in [1.807, 2.05) is 19.1 Å². The van der Waals surface area contributed by atoms with E-state index in [2.05, 4.69) is 17.9 Å². The van der Waals surface area contributed by atoms with E-state index in [0.717, 1.165) is 5.56 Å². The summed E-state index contributed by atoms with van der Waals surface area (Å²) in [6, 6.07) is 11.5. The summed E-state index contributed by atoms with van der Waals surface area (Å²) in [7, 11) is 0. The maximum Gasteiger partial charge on any atom is 0.269 e. The van der Waals surface area contributed by atoms with Crippen molar-refractivity contribution < 1.29 is 9.72 Å². The highest BCUT2D eigenvalue weighted by Gasteiger charge is 2.10. The highest BCUT2D eigenvalue weighted by atomic mass is 32.1. The third-order valence-electron chi connectivity index (χ3n) is 3.04. The summed E-state index contributed by atoms with van der Waals surface area (Å²) >= 11 is 4.21. The van der Waals surface area contributed by atoms with Crippen molar-refractivity contribution in [3.05, 3.63) is 69.3 Å². The van der Waals surface area contributed by atoms with E-state index in [1.165, 1.54) is 12.1 Å². The predicted molar refractivity (Wildman–Crippen MR) is 82.7 cm³/mol.